The average Bonchev–Trinajstić information content (AvgIpc) is 2.26. The highest BCUT2D eigenvalue weighted by molar-refractivity contribution is 5.78. The van der Waals surface area contributed by atoms with Crippen molar-refractivity contribution in [2.45, 2.75) is 6.42 Å². The molecule has 0 bridgehead atoms. The maximum absolute atomic E-state index is 10.9. The molecular weight excluding hydrogens is 188 g/mol. The smallest absolute Gasteiger partial charge is 0.234 e. The van der Waals surface area contributed by atoms with Crippen LogP contribution < -0.4 is 5.32 Å². The topological polar surface area (TPSA) is 52.9 Å². The molecule has 3 heteroatoms. The van der Waals surface area contributed by atoms with Crippen LogP contribution in [-0.4, -0.2) is 12.5 Å². The molecule has 15 heavy (non-hydrogen) atoms. The standard InChI is InChI=1S/C12H12N2O/c13-9-8-12(15)14-10-4-7-11-5-2-1-3-6-11/h1-7H,8,10H2,(H,14,15)/b7-4+. The number of amides is 1. The Hall–Kier alpha value is -2.08. The fraction of sp³-hybridized carbons (Fsp3) is 0.167. The summed E-state index contributed by atoms with van der Waals surface area (Å²) in [5.74, 6) is -0.241. The second kappa shape index (κ2) is 6.39. The third-order valence-corrected chi connectivity index (χ3v) is 1.77. The van der Waals surface area contributed by atoms with Crippen LogP contribution in [0.5, 0.6) is 0 Å². The Labute approximate surface area is 89.0 Å². The molecular formula is C12H12N2O. The predicted molar refractivity (Wildman–Crippen MR) is 58.7 cm³/mol. The fourth-order valence-corrected chi connectivity index (χ4v) is 1.07. The number of carbonyl (C=O) groups is 1. The zero-order valence-electron chi connectivity index (χ0n) is 8.31. The van der Waals surface area contributed by atoms with Crippen LogP contribution >= 0.6 is 0 Å². The molecule has 1 aromatic carbocycles. The molecule has 0 aromatic heterocycles. The van der Waals surface area contributed by atoms with E-state index < -0.39 is 0 Å². The van der Waals surface area contributed by atoms with Crippen molar-refractivity contribution in [3.63, 3.8) is 0 Å². The molecule has 0 saturated heterocycles. The van der Waals surface area contributed by atoms with Crippen molar-refractivity contribution in [2.24, 2.45) is 0 Å². The van der Waals surface area contributed by atoms with Gasteiger partial charge in [-0.3, -0.25) is 4.79 Å². The van der Waals surface area contributed by atoms with Crippen LogP contribution in [0.15, 0.2) is 36.4 Å². The summed E-state index contributed by atoms with van der Waals surface area (Å²) in [4.78, 5) is 10.9. The highest BCUT2D eigenvalue weighted by Crippen LogP contribution is 1.99. The number of rotatable bonds is 4. The average molecular weight is 200 g/mol. The maximum Gasteiger partial charge on any atom is 0.234 e. The molecule has 0 heterocycles. The van der Waals surface area contributed by atoms with E-state index in [0.717, 1.165) is 5.56 Å². The minimum absolute atomic E-state index is 0.0841. The van der Waals surface area contributed by atoms with E-state index in [2.05, 4.69) is 5.32 Å². The first-order chi connectivity index (χ1) is 7.33. The summed E-state index contributed by atoms with van der Waals surface area (Å²) >= 11 is 0. The van der Waals surface area contributed by atoms with Gasteiger partial charge in [-0.05, 0) is 5.56 Å². The molecule has 76 valence electrons. The first-order valence-electron chi connectivity index (χ1n) is 4.68. The Balaban J connectivity index is 2.29. The quantitative estimate of drug-likeness (QED) is 0.804. The minimum atomic E-state index is -0.241. The molecule has 0 aliphatic heterocycles. The summed E-state index contributed by atoms with van der Waals surface area (Å²) < 4.78 is 0. The van der Waals surface area contributed by atoms with Gasteiger partial charge in [0.25, 0.3) is 0 Å². The molecule has 1 N–H and O–H groups in total. The molecule has 0 radical (unpaired) electrons. The number of nitriles is 1. The summed E-state index contributed by atoms with van der Waals surface area (Å²) in [6, 6.07) is 11.6. The van der Waals surface area contributed by atoms with Crippen LogP contribution in [0.2, 0.25) is 0 Å². The van der Waals surface area contributed by atoms with Gasteiger partial charge in [0.05, 0.1) is 6.07 Å². The summed E-state index contributed by atoms with van der Waals surface area (Å²) in [5, 5.41) is 10.8. The Kier molecular flexibility index (Phi) is 4.68. The lowest BCUT2D eigenvalue weighted by molar-refractivity contribution is -0.119. The second-order valence-electron chi connectivity index (χ2n) is 2.95. The summed E-state index contributed by atoms with van der Waals surface area (Å²) in [5.41, 5.74) is 1.09. The van der Waals surface area contributed by atoms with Gasteiger partial charge in [0.2, 0.25) is 5.91 Å². The van der Waals surface area contributed by atoms with Gasteiger partial charge in [0, 0.05) is 6.54 Å². The second-order valence-corrected chi connectivity index (χ2v) is 2.95. The number of carbonyl (C=O) groups excluding carboxylic acids is 1. The Morgan fingerprint density at radius 2 is 2.13 bits per heavy atom. The Morgan fingerprint density at radius 1 is 1.40 bits per heavy atom. The SMILES string of the molecule is N#CCC(=O)NC/C=C/c1ccccc1. The van der Waals surface area contributed by atoms with Crippen molar-refractivity contribution in [3.05, 3.63) is 42.0 Å². The van der Waals surface area contributed by atoms with Gasteiger partial charge in [-0.15, -0.1) is 0 Å². The summed E-state index contributed by atoms with van der Waals surface area (Å²) in [6.07, 6.45) is 3.69. The lowest BCUT2D eigenvalue weighted by Gasteiger charge is -1.96. The monoisotopic (exact) mass is 200 g/mol. The number of hydrogen-bond acceptors (Lipinski definition) is 2. The predicted octanol–water partition coefficient (Wildman–Crippen LogP) is 1.73. The van der Waals surface area contributed by atoms with E-state index in [9.17, 15) is 4.79 Å². The van der Waals surface area contributed by atoms with E-state index in [1.54, 1.807) is 6.07 Å². The normalized spacial score (nSPS) is 9.80. The summed E-state index contributed by atoms with van der Waals surface area (Å²) in [6.45, 7) is 0.454. The van der Waals surface area contributed by atoms with Gasteiger partial charge in [-0.2, -0.15) is 5.26 Å². The van der Waals surface area contributed by atoms with Gasteiger partial charge in [-0.25, -0.2) is 0 Å². The van der Waals surface area contributed by atoms with Gasteiger partial charge < -0.3 is 5.32 Å². The van der Waals surface area contributed by atoms with E-state index in [1.807, 2.05) is 42.5 Å². The molecule has 0 aliphatic carbocycles. The number of nitrogens with one attached hydrogen (secondary N) is 1. The van der Waals surface area contributed by atoms with Gasteiger partial charge >= 0.3 is 0 Å². The summed E-state index contributed by atoms with van der Waals surface area (Å²) in [7, 11) is 0. The van der Waals surface area contributed by atoms with Crippen LogP contribution in [0.1, 0.15) is 12.0 Å². The van der Waals surface area contributed by atoms with Crippen molar-refractivity contribution in [2.75, 3.05) is 6.54 Å². The van der Waals surface area contributed by atoms with Crippen LogP contribution in [0.3, 0.4) is 0 Å². The maximum atomic E-state index is 10.9. The van der Waals surface area contributed by atoms with Crippen molar-refractivity contribution < 1.29 is 4.79 Å². The van der Waals surface area contributed by atoms with Crippen molar-refractivity contribution in [1.82, 2.24) is 5.32 Å². The molecule has 0 aliphatic rings. The zero-order chi connectivity index (χ0) is 10.9. The number of nitrogens with zero attached hydrogens (tertiary/aromatic N) is 1. The van der Waals surface area contributed by atoms with E-state index in [4.69, 9.17) is 5.26 Å². The van der Waals surface area contributed by atoms with Gasteiger partial charge in [-0.1, -0.05) is 42.5 Å². The van der Waals surface area contributed by atoms with E-state index in [0.29, 0.717) is 6.54 Å². The van der Waals surface area contributed by atoms with Crippen LogP contribution in [0, 0.1) is 11.3 Å². The highest BCUT2D eigenvalue weighted by Gasteiger charge is 1.94. The molecule has 0 spiro atoms. The molecule has 0 atom stereocenters. The molecule has 3 nitrogen and oxygen atoms in total. The van der Waals surface area contributed by atoms with Crippen molar-refractivity contribution >= 4 is 12.0 Å². The fourth-order valence-electron chi connectivity index (χ4n) is 1.07. The highest BCUT2D eigenvalue weighted by atomic mass is 16.1. The molecule has 0 saturated carbocycles. The van der Waals surface area contributed by atoms with Crippen LogP contribution in [0.4, 0.5) is 0 Å². The molecule has 0 unspecified atom stereocenters. The number of benzene rings is 1. The lowest BCUT2D eigenvalue weighted by atomic mass is 10.2. The van der Waals surface area contributed by atoms with Crippen LogP contribution in [0.25, 0.3) is 6.08 Å². The molecule has 1 rings (SSSR count). The van der Waals surface area contributed by atoms with E-state index >= 15 is 0 Å². The largest absolute Gasteiger partial charge is 0.352 e. The van der Waals surface area contributed by atoms with E-state index in [1.165, 1.54) is 0 Å². The van der Waals surface area contributed by atoms with Crippen molar-refractivity contribution in [3.8, 4) is 6.07 Å². The zero-order valence-corrected chi connectivity index (χ0v) is 8.31. The van der Waals surface area contributed by atoms with E-state index in [-0.39, 0.29) is 12.3 Å². The Bertz CT molecular complexity index is 376. The first-order valence-corrected chi connectivity index (χ1v) is 4.68. The third kappa shape index (κ3) is 4.63. The van der Waals surface area contributed by atoms with Gasteiger partial charge in [0.15, 0.2) is 0 Å². The molecule has 1 amide bonds. The molecule has 1 aromatic rings. The third-order valence-electron chi connectivity index (χ3n) is 1.77. The lowest BCUT2D eigenvalue weighted by Crippen LogP contribution is -2.22. The van der Waals surface area contributed by atoms with Crippen LogP contribution in [-0.2, 0) is 4.79 Å². The van der Waals surface area contributed by atoms with Crippen molar-refractivity contribution in [1.29, 1.82) is 5.26 Å². The van der Waals surface area contributed by atoms with Gasteiger partial charge in [0.1, 0.15) is 6.42 Å². The Morgan fingerprint density at radius 3 is 2.80 bits per heavy atom. The minimum Gasteiger partial charge on any atom is -0.352 e. The number of hydrogen-bond donors (Lipinski definition) is 1. The molecule has 0 fully saturated rings. The first kappa shape index (κ1) is 11.0.